The molecule has 0 radical (unpaired) electrons. The maximum Gasteiger partial charge on any atom is 0.243 e. The van der Waals surface area contributed by atoms with Gasteiger partial charge in [0.25, 0.3) is 0 Å². The Morgan fingerprint density at radius 3 is 2.92 bits per heavy atom. The lowest BCUT2D eigenvalue weighted by Crippen LogP contribution is -2.31. The molecule has 2 heterocycles. The van der Waals surface area contributed by atoms with Crippen LogP contribution in [-0.4, -0.2) is 31.7 Å². The van der Waals surface area contributed by atoms with E-state index in [1.54, 1.807) is 30.5 Å². The van der Waals surface area contributed by atoms with E-state index in [4.69, 9.17) is 4.42 Å². The van der Waals surface area contributed by atoms with Crippen molar-refractivity contribution < 1.29 is 17.6 Å². The van der Waals surface area contributed by atoms with Crippen LogP contribution in [0.4, 0.5) is 0 Å². The van der Waals surface area contributed by atoms with Gasteiger partial charge in [-0.25, -0.2) is 8.42 Å². The molecular weight excluding hydrogens is 352 g/mol. The summed E-state index contributed by atoms with van der Waals surface area (Å²) < 4.78 is 32.5. The van der Waals surface area contributed by atoms with Crippen LogP contribution in [0, 0.1) is 18.3 Å². The van der Waals surface area contributed by atoms with Crippen LogP contribution in [-0.2, 0) is 21.4 Å². The first-order valence-electron chi connectivity index (χ1n) is 8.78. The largest absolute Gasteiger partial charge is 0.467 e. The summed E-state index contributed by atoms with van der Waals surface area (Å²) in [4.78, 5) is 12.7. The Hall–Kier alpha value is -2.12. The number of hydrogen-bond acceptors (Lipinski definition) is 4. The fraction of sp³-hybridized carbons (Fsp3) is 0.421. The minimum absolute atomic E-state index is 0.0174. The van der Waals surface area contributed by atoms with Crippen molar-refractivity contribution in [2.24, 2.45) is 11.3 Å². The summed E-state index contributed by atoms with van der Waals surface area (Å²) in [5.74, 6) is 0.578. The zero-order valence-electron chi connectivity index (χ0n) is 14.6. The molecule has 2 atom stereocenters. The van der Waals surface area contributed by atoms with E-state index in [0.717, 1.165) is 18.4 Å². The van der Waals surface area contributed by atoms with Gasteiger partial charge < -0.3 is 9.73 Å². The maximum atomic E-state index is 12.9. The molecule has 1 amide bonds. The molecule has 1 saturated heterocycles. The molecule has 1 aromatic heterocycles. The van der Waals surface area contributed by atoms with Gasteiger partial charge >= 0.3 is 0 Å². The van der Waals surface area contributed by atoms with Gasteiger partial charge in [-0.2, -0.15) is 4.31 Å². The highest BCUT2D eigenvalue weighted by Crippen LogP contribution is 2.59. The molecule has 1 N–H and O–H groups in total. The topological polar surface area (TPSA) is 79.6 Å². The van der Waals surface area contributed by atoms with Gasteiger partial charge in [-0.3, -0.25) is 4.79 Å². The lowest BCUT2D eigenvalue weighted by Gasteiger charge is -2.17. The number of rotatable bonds is 5. The summed E-state index contributed by atoms with van der Waals surface area (Å²) in [6.07, 6.45) is 3.05. The van der Waals surface area contributed by atoms with E-state index in [0.29, 0.717) is 30.3 Å². The van der Waals surface area contributed by atoms with E-state index in [1.807, 2.05) is 19.1 Å². The molecule has 7 heteroatoms. The standard InChI is InChI=1S/C19H22N2O4S/c1-14-4-2-6-16(10-14)26(23,24)21-8-7-19(13-21)11-17(19)18(22)20-12-15-5-3-9-25-15/h2-6,9-10,17H,7-8,11-13H2,1H3,(H,20,22)/t17-,19-/m1/s1. The Bertz CT molecular complexity index is 923. The van der Waals surface area contributed by atoms with Crippen LogP contribution in [0.15, 0.2) is 52.0 Å². The Kier molecular flexibility index (Phi) is 4.16. The Morgan fingerprint density at radius 2 is 2.19 bits per heavy atom. The molecule has 26 heavy (non-hydrogen) atoms. The van der Waals surface area contributed by atoms with Crippen LogP contribution in [0.1, 0.15) is 24.2 Å². The van der Waals surface area contributed by atoms with Crippen molar-refractivity contribution in [2.45, 2.75) is 31.2 Å². The van der Waals surface area contributed by atoms with Crippen molar-refractivity contribution in [1.82, 2.24) is 9.62 Å². The molecule has 138 valence electrons. The number of carbonyl (C=O) groups excluding carboxylic acids is 1. The molecule has 1 aliphatic carbocycles. The first-order valence-corrected chi connectivity index (χ1v) is 10.2. The normalized spacial score (nSPS) is 25.5. The first-order chi connectivity index (χ1) is 12.4. The minimum Gasteiger partial charge on any atom is -0.467 e. The zero-order valence-corrected chi connectivity index (χ0v) is 15.5. The van der Waals surface area contributed by atoms with E-state index in [9.17, 15) is 13.2 Å². The van der Waals surface area contributed by atoms with Gasteiger partial charge in [0, 0.05) is 19.0 Å². The molecule has 0 bridgehead atoms. The van der Waals surface area contributed by atoms with E-state index >= 15 is 0 Å². The fourth-order valence-corrected chi connectivity index (χ4v) is 5.51. The average Bonchev–Trinajstić information content (AvgIpc) is 2.97. The molecule has 2 fully saturated rings. The van der Waals surface area contributed by atoms with E-state index in [-0.39, 0.29) is 17.2 Å². The minimum atomic E-state index is -3.50. The van der Waals surface area contributed by atoms with Crippen molar-refractivity contribution in [2.75, 3.05) is 13.1 Å². The van der Waals surface area contributed by atoms with Gasteiger partial charge in [0.2, 0.25) is 15.9 Å². The third kappa shape index (κ3) is 3.05. The number of benzene rings is 1. The second-order valence-electron chi connectivity index (χ2n) is 7.32. The van der Waals surface area contributed by atoms with Crippen LogP contribution in [0.5, 0.6) is 0 Å². The summed E-state index contributed by atoms with van der Waals surface area (Å²) >= 11 is 0. The molecule has 1 saturated carbocycles. The molecular formula is C19H22N2O4S. The highest BCUT2D eigenvalue weighted by Gasteiger charge is 2.62. The lowest BCUT2D eigenvalue weighted by atomic mass is 10.0. The van der Waals surface area contributed by atoms with Gasteiger partial charge in [-0.1, -0.05) is 12.1 Å². The second-order valence-corrected chi connectivity index (χ2v) is 9.26. The van der Waals surface area contributed by atoms with E-state index in [2.05, 4.69) is 5.32 Å². The molecule has 2 aromatic rings. The molecule has 2 aliphatic rings. The van der Waals surface area contributed by atoms with E-state index in [1.165, 1.54) is 4.31 Å². The van der Waals surface area contributed by atoms with Crippen LogP contribution < -0.4 is 5.32 Å². The van der Waals surface area contributed by atoms with E-state index < -0.39 is 10.0 Å². The Labute approximate surface area is 153 Å². The molecule has 0 unspecified atom stereocenters. The highest BCUT2D eigenvalue weighted by molar-refractivity contribution is 7.89. The Morgan fingerprint density at radius 1 is 1.35 bits per heavy atom. The van der Waals surface area contributed by atoms with Crippen molar-refractivity contribution >= 4 is 15.9 Å². The van der Waals surface area contributed by atoms with Crippen molar-refractivity contribution in [3.05, 3.63) is 54.0 Å². The smallest absolute Gasteiger partial charge is 0.243 e. The summed E-state index contributed by atoms with van der Waals surface area (Å²) in [6, 6.07) is 10.6. The van der Waals surface area contributed by atoms with Gasteiger partial charge in [-0.05, 0) is 55.0 Å². The number of nitrogens with one attached hydrogen (secondary N) is 1. The predicted octanol–water partition coefficient (Wildman–Crippen LogP) is 2.31. The number of nitrogens with zero attached hydrogens (tertiary/aromatic N) is 1. The molecule has 4 rings (SSSR count). The van der Waals surface area contributed by atoms with Crippen molar-refractivity contribution in [1.29, 1.82) is 0 Å². The lowest BCUT2D eigenvalue weighted by molar-refractivity contribution is -0.123. The van der Waals surface area contributed by atoms with Gasteiger partial charge in [0.1, 0.15) is 5.76 Å². The van der Waals surface area contributed by atoms with Gasteiger partial charge in [0.15, 0.2) is 0 Å². The number of amides is 1. The summed E-state index contributed by atoms with van der Waals surface area (Å²) in [6.45, 7) is 3.13. The third-order valence-corrected chi connectivity index (χ3v) is 7.34. The summed E-state index contributed by atoms with van der Waals surface area (Å²) in [5, 5.41) is 2.89. The molecule has 1 aromatic carbocycles. The number of aryl methyl sites for hydroxylation is 1. The number of sulfonamides is 1. The van der Waals surface area contributed by atoms with Crippen LogP contribution in [0.2, 0.25) is 0 Å². The zero-order chi connectivity index (χ0) is 18.4. The quantitative estimate of drug-likeness (QED) is 0.871. The van der Waals surface area contributed by atoms with Crippen LogP contribution in [0.25, 0.3) is 0 Å². The number of hydrogen-bond donors (Lipinski definition) is 1. The first kappa shape index (κ1) is 17.3. The van der Waals surface area contributed by atoms with Crippen molar-refractivity contribution in [3.8, 4) is 0 Å². The molecule has 1 spiro atoms. The van der Waals surface area contributed by atoms with Gasteiger partial charge in [0.05, 0.1) is 17.7 Å². The molecule has 6 nitrogen and oxygen atoms in total. The monoisotopic (exact) mass is 374 g/mol. The number of furan rings is 1. The van der Waals surface area contributed by atoms with Crippen molar-refractivity contribution in [3.63, 3.8) is 0 Å². The fourth-order valence-electron chi connectivity index (χ4n) is 3.87. The van der Waals surface area contributed by atoms with Crippen LogP contribution in [0.3, 0.4) is 0 Å². The second kappa shape index (κ2) is 6.25. The van der Waals surface area contributed by atoms with Crippen LogP contribution >= 0.6 is 0 Å². The highest BCUT2D eigenvalue weighted by atomic mass is 32.2. The summed E-state index contributed by atoms with van der Waals surface area (Å²) in [5.41, 5.74) is 0.714. The SMILES string of the molecule is Cc1cccc(S(=O)(=O)N2CC[C@@]3(C[C@@H]3C(=O)NCc3ccco3)C2)c1. The average molecular weight is 374 g/mol. The maximum absolute atomic E-state index is 12.9. The summed E-state index contributed by atoms with van der Waals surface area (Å²) in [7, 11) is -3.50. The predicted molar refractivity (Wildman–Crippen MR) is 95.6 cm³/mol. The van der Waals surface area contributed by atoms with Gasteiger partial charge in [-0.15, -0.1) is 0 Å². The third-order valence-electron chi connectivity index (χ3n) is 5.50. The Balaban J connectivity index is 1.40. The number of carbonyl (C=O) groups is 1. The molecule has 1 aliphatic heterocycles.